The molecule has 16 heavy (non-hydrogen) atoms. The quantitative estimate of drug-likeness (QED) is 0.538. The van der Waals surface area contributed by atoms with E-state index in [1.54, 1.807) is 0 Å². The van der Waals surface area contributed by atoms with Gasteiger partial charge in [-0.1, -0.05) is 0 Å². The van der Waals surface area contributed by atoms with Crippen molar-refractivity contribution in [2.24, 2.45) is 0 Å². The second kappa shape index (κ2) is 6.32. The minimum Gasteiger partial charge on any atom is -0.431 e. The van der Waals surface area contributed by atoms with Gasteiger partial charge in [0.15, 0.2) is 0 Å². The summed E-state index contributed by atoms with van der Waals surface area (Å²) in [5.41, 5.74) is 0. The first-order chi connectivity index (χ1) is 7.58. The van der Waals surface area contributed by atoms with Crippen LogP contribution >= 0.6 is 0 Å². The largest absolute Gasteiger partial charge is 0.511 e. The molecule has 0 N–H and O–H groups in total. The zero-order valence-corrected chi connectivity index (χ0v) is 9.43. The first-order valence-electron chi connectivity index (χ1n) is 5.20. The zero-order valence-electron chi connectivity index (χ0n) is 9.43. The van der Waals surface area contributed by atoms with Crippen molar-refractivity contribution < 1.29 is 28.5 Å². The Morgan fingerprint density at radius 2 is 1.88 bits per heavy atom. The van der Waals surface area contributed by atoms with Crippen LogP contribution in [0.3, 0.4) is 0 Å². The third-order valence-electron chi connectivity index (χ3n) is 2.03. The molecular formula is C10H16O6. The van der Waals surface area contributed by atoms with Crippen LogP contribution in [0.25, 0.3) is 0 Å². The van der Waals surface area contributed by atoms with Crippen LogP contribution in [-0.4, -0.2) is 37.7 Å². The van der Waals surface area contributed by atoms with Crippen LogP contribution in [0.4, 0.5) is 4.79 Å². The number of carbonyl (C=O) groups excluding carboxylic acids is 2. The Balaban J connectivity index is 2.21. The summed E-state index contributed by atoms with van der Waals surface area (Å²) in [6.07, 6.45) is -0.593. The lowest BCUT2D eigenvalue weighted by Gasteiger charge is -2.22. The number of ether oxygens (including phenoxy) is 4. The van der Waals surface area contributed by atoms with E-state index in [4.69, 9.17) is 14.2 Å². The van der Waals surface area contributed by atoms with Crippen molar-refractivity contribution in [3.05, 3.63) is 0 Å². The molecule has 1 aliphatic heterocycles. The molecule has 0 amide bonds. The fourth-order valence-electron chi connectivity index (χ4n) is 1.35. The molecule has 1 saturated heterocycles. The van der Waals surface area contributed by atoms with Gasteiger partial charge in [-0.3, -0.25) is 4.79 Å². The maximum absolute atomic E-state index is 11.2. The molecule has 1 aliphatic rings. The molecule has 0 aromatic carbocycles. The Kier molecular flexibility index (Phi) is 5.04. The van der Waals surface area contributed by atoms with Gasteiger partial charge >= 0.3 is 12.1 Å². The van der Waals surface area contributed by atoms with E-state index in [0.29, 0.717) is 26.1 Å². The molecule has 0 aromatic rings. The standard InChI is InChI=1S/C10H16O6/c1-7(11)14-8(2)15-10(12)16-9-3-5-13-6-4-9/h8-9H,3-6H2,1-2H3/t8-/m1/s1. The Morgan fingerprint density at radius 3 is 2.44 bits per heavy atom. The highest BCUT2D eigenvalue weighted by atomic mass is 16.8. The van der Waals surface area contributed by atoms with Crippen LogP contribution in [0.2, 0.25) is 0 Å². The van der Waals surface area contributed by atoms with E-state index >= 15 is 0 Å². The molecular weight excluding hydrogens is 216 g/mol. The van der Waals surface area contributed by atoms with Crippen molar-refractivity contribution in [1.82, 2.24) is 0 Å². The second-order valence-corrected chi connectivity index (χ2v) is 3.47. The first kappa shape index (κ1) is 12.8. The minimum absolute atomic E-state index is 0.175. The van der Waals surface area contributed by atoms with Crippen molar-refractivity contribution in [2.45, 2.75) is 39.1 Å². The molecule has 0 aromatic heterocycles. The average molecular weight is 232 g/mol. The van der Waals surface area contributed by atoms with Gasteiger partial charge in [-0.05, 0) is 0 Å². The van der Waals surface area contributed by atoms with Crippen LogP contribution in [0.15, 0.2) is 0 Å². The normalized spacial score (nSPS) is 18.6. The predicted molar refractivity (Wildman–Crippen MR) is 52.6 cm³/mol. The summed E-state index contributed by atoms with van der Waals surface area (Å²) in [5.74, 6) is -0.508. The summed E-state index contributed by atoms with van der Waals surface area (Å²) in [6, 6.07) is 0. The number of hydrogen-bond donors (Lipinski definition) is 0. The fourth-order valence-corrected chi connectivity index (χ4v) is 1.35. The van der Waals surface area contributed by atoms with Gasteiger partial charge in [0, 0.05) is 26.7 Å². The molecule has 92 valence electrons. The topological polar surface area (TPSA) is 71.1 Å². The molecule has 0 spiro atoms. The lowest BCUT2D eigenvalue weighted by Crippen LogP contribution is -2.29. The minimum atomic E-state index is -0.926. The maximum Gasteiger partial charge on any atom is 0.511 e. The third kappa shape index (κ3) is 4.97. The van der Waals surface area contributed by atoms with E-state index in [0.717, 1.165) is 0 Å². The predicted octanol–water partition coefficient (Wildman–Crippen LogP) is 1.23. The molecule has 0 saturated carbocycles. The molecule has 1 rings (SSSR count). The van der Waals surface area contributed by atoms with E-state index in [-0.39, 0.29) is 6.10 Å². The molecule has 0 radical (unpaired) electrons. The summed E-state index contributed by atoms with van der Waals surface area (Å²) in [6.45, 7) is 3.85. The lowest BCUT2D eigenvalue weighted by molar-refractivity contribution is -0.166. The van der Waals surface area contributed by atoms with Crippen LogP contribution < -0.4 is 0 Å². The lowest BCUT2D eigenvalue weighted by atomic mass is 10.2. The first-order valence-corrected chi connectivity index (χ1v) is 5.20. The van der Waals surface area contributed by atoms with Gasteiger partial charge in [-0.25, -0.2) is 4.79 Å². The van der Waals surface area contributed by atoms with Gasteiger partial charge in [0.1, 0.15) is 6.10 Å². The summed E-state index contributed by atoms with van der Waals surface area (Å²) in [4.78, 5) is 21.8. The van der Waals surface area contributed by atoms with E-state index in [2.05, 4.69) is 4.74 Å². The Labute approximate surface area is 93.8 Å². The monoisotopic (exact) mass is 232 g/mol. The molecule has 1 fully saturated rings. The van der Waals surface area contributed by atoms with E-state index in [1.807, 2.05) is 0 Å². The molecule has 1 atom stereocenters. The van der Waals surface area contributed by atoms with Gasteiger partial charge in [0.25, 0.3) is 0 Å². The maximum atomic E-state index is 11.2. The smallest absolute Gasteiger partial charge is 0.431 e. The van der Waals surface area contributed by atoms with Gasteiger partial charge in [0.05, 0.1) is 13.2 Å². The summed E-state index contributed by atoms with van der Waals surface area (Å²) in [7, 11) is 0. The Morgan fingerprint density at radius 1 is 1.25 bits per heavy atom. The van der Waals surface area contributed by atoms with E-state index in [1.165, 1.54) is 13.8 Å². The Hall–Kier alpha value is -1.30. The number of hydrogen-bond acceptors (Lipinski definition) is 6. The average Bonchev–Trinajstić information content (AvgIpc) is 2.17. The molecule has 0 bridgehead atoms. The van der Waals surface area contributed by atoms with Crippen molar-refractivity contribution in [2.75, 3.05) is 13.2 Å². The summed E-state index contributed by atoms with van der Waals surface area (Å²) >= 11 is 0. The number of carbonyl (C=O) groups is 2. The van der Waals surface area contributed by atoms with Crippen LogP contribution in [0.1, 0.15) is 26.7 Å². The number of esters is 1. The summed E-state index contributed by atoms with van der Waals surface area (Å²) in [5, 5.41) is 0. The van der Waals surface area contributed by atoms with Crippen molar-refractivity contribution in [1.29, 1.82) is 0 Å². The highest BCUT2D eigenvalue weighted by molar-refractivity contribution is 5.66. The molecule has 6 nitrogen and oxygen atoms in total. The van der Waals surface area contributed by atoms with Crippen molar-refractivity contribution in [3.63, 3.8) is 0 Å². The third-order valence-corrected chi connectivity index (χ3v) is 2.03. The molecule has 1 heterocycles. The SMILES string of the molecule is CC(=O)O[C@@H](C)OC(=O)OC1CCOCC1. The van der Waals surface area contributed by atoms with E-state index < -0.39 is 18.4 Å². The molecule has 6 heteroatoms. The van der Waals surface area contributed by atoms with Crippen LogP contribution in [-0.2, 0) is 23.7 Å². The van der Waals surface area contributed by atoms with Gasteiger partial charge in [-0.15, -0.1) is 0 Å². The highest BCUT2D eigenvalue weighted by Gasteiger charge is 2.20. The Bertz CT molecular complexity index is 246. The molecule has 0 unspecified atom stereocenters. The highest BCUT2D eigenvalue weighted by Crippen LogP contribution is 2.12. The zero-order chi connectivity index (χ0) is 12.0. The van der Waals surface area contributed by atoms with E-state index in [9.17, 15) is 9.59 Å². The molecule has 0 aliphatic carbocycles. The van der Waals surface area contributed by atoms with Crippen molar-refractivity contribution >= 4 is 12.1 Å². The van der Waals surface area contributed by atoms with Gasteiger partial charge in [-0.2, -0.15) is 0 Å². The van der Waals surface area contributed by atoms with Crippen LogP contribution in [0, 0.1) is 0 Å². The van der Waals surface area contributed by atoms with Gasteiger partial charge < -0.3 is 18.9 Å². The van der Waals surface area contributed by atoms with Gasteiger partial charge in [0.2, 0.25) is 6.29 Å². The van der Waals surface area contributed by atoms with Crippen LogP contribution in [0.5, 0.6) is 0 Å². The fraction of sp³-hybridized carbons (Fsp3) is 0.800. The second-order valence-electron chi connectivity index (χ2n) is 3.47. The van der Waals surface area contributed by atoms with Crippen molar-refractivity contribution in [3.8, 4) is 0 Å². The summed E-state index contributed by atoms with van der Waals surface area (Å²) < 4.78 is 19.5. The number of rotatable bonds is 3.